The minimum absolute atomic E-state index is 0.0778. The minimum Gasteiger partial charge on any atom is -0.382 e. The lowest BCUT2D eigenvalue weighted by atomic mass is 9.81. The first-order valence-electron chi connectivity index (χ1n) is 8.50. The van der Waals surface area contributed by atoms with Gasteiger partial charge in [-0.15, -0.1) is 0 Å². The number of hydrogen-bond donors (Lipinski definition) is 1. The largest absolute Gasteiger partial charge is 0.382 e. The van der Waals surface area contributed by atoms with Gasteiger partial charge in [-0.05, 0) is 18.6 Å². The van der Waals surface area contributed by atoms with E-state index in [-0.39, 0.29) is 5.41 Å². The van der Waals surface area contributed by atoms with Crippen LogP contribution in [0.15, 0.2) is 42.6 Å². The third kappa shape index (κ3) is 3.17. The number of pyridine rings is 1. The highest BCUT2D eigenvalue weighted by molar-refractivity contribution is 5.66. The molecule has 2 aromatic rings. The number of ether oxygens (including phenoxy) is 2. The van der Waals surface area contributed by atoms with Gasteiger partial charge in [-0.25, -0.2) is 4.57 Å². The second kappa shape index (κ2) is 6.91. The first-order chi connectivity index (χ1) is 11.5. The molecule has 0 aliphatic carbocycles. The second-order valence-electron chi connectivity index (χ2n) is 6.94. The lowest BCUT2D eigenvalue weighted by Gasteiger charge is -2.20. The van der Waals surface area contributed by atoms with Gasteiger partial charge in [0.2, 0.25) is 0 Å². The maximum absolute atomic E-state index is 5.78. The van der Waals surface area contributed by atoms with Crippen molar-refractivity contribution < 1.29 is 14.0 Å². The molecular formula is C20H27N2O2+. The summed E-state index contributed by atoms with van der Waals surface area (Å²) in [4.78, 5) is 0. The van der Waals surface area contributed by atoms with Crippen molar-refractivity contribution in [2.45, 2.75) is 39.0 Å². The van der Waals surface area contributed by atoms with Crippen molar-refractivity contribution >= 4 is 5.82 Å². The molecule has 3 rings (SSSR count). The molecule has 1 atom stereocenters. The molecule has 0 amide bonds. The van der Waals surface area contributed by atoms with Crippen LogP contribution in [0.2, 0.25) is 0 Å². The van der Waals surface area contributed by atoms with Crippen molar-refractivity contribution in [3.8, 4) is 11.1 Å². The van der Waals surface area contributed by atoms with Gasteiger partial charge in [-0.3, -0.25) is 5.32 Å². The van der Waals surface area contributed by atoms with Gasteiger partial charge in [-0.1, -0.05) is 44.2 Å². The Balaban J connectivity index is 2.00. The Morgan fingerprint density at radius 1 is 1.12 bits per heavy atom. The predicted molar refractivity (Wildman–Crippen MR) is 96.0 cm³/mol. The van der Waals surface area contributed by atoms with Crippen molar-refractivity contribution in [3.63, 3.8) is 0 Å². The summed E-state index contributed by atoms with van der Waals surface area (Å²) in [5, 5.41) is 3.63. The van der Waals surface area contributed by atoms with E-state index in [0.717, 1.165) is 5.82 Å². The highest BCUT2D eigenvalue weighted by Gasteiger charge is 2.44. The van der Waals surface area contributed by atoms with Crippen LogP contribution < -0.4 is 9.88 Å². The first-order valence-corrected chi connectivity index (χ1v) is 8.50. The Hall–Kier alpha value is -1.91. The number of benzene rings is 1. The molecule has 1 aliphatic rings. The first kappa shape index (κ1) is 16.9. The zero-order valence-electron chi connectivity index (χ0n) is 15.0. The van der Waals surface area contributed by atoms with Gasteiger partial charge in [-0.2, -0.15) is 0 Å². The van der Waals surface area contributed by atoms with Crippen LogP contribution in [0.4, 0.5) is 5.82 Å². The molecule has 0 fully saturated rings. The lowest BCUT2D eigenvalue weighted by Crippen LogP contribution is -2.39. The highest BCUT2D eigenvalue weighted by Crippen LogP contribution is 2.40. The summed E-state index contributed by atoms with van der Waals surface area (Å²) >= 11 is 0. The van der Waals surface area contributed by atoms with E-state index in [1.807, 2.05) is 6.07 Å². The number of nitrogens with zero attached hydrogens (tertiary/aromatic N) is 1. The second-order valence-corrected chi connectivity index (χ2v) is 6.94. The summed E-state index contributed by atoms with van der Waals surface area (Å²) in [5.74, 6) is 1.16. The van der Waals surface area contributed by atoms with Crippen LogP contribution in [-0.4, -0.2) is 26.4 Å². The fourth-order valence-electron chi connectivity index (χ4n) is 3.11. The molecular weight excluding hydrogens is 300 g/mol. The molecule has 4 heteroatoms. The maximum atomic E-state index is 5.78. The van der Waals surface area contributed by atoms with Crippen LogP contribution in [0.5, 0.6) is 0 Å². The Labute approximate surface area is 144 Å². The number of aromatic nitrogens is 1. The number of anilines is 1. The Bertz CT molecular complexity index is 698. The van der Waals surface area contributed by atoms with Gasteiger partial charge in [0.1, 0.15) is 12.2 Å². The Kier molecular flexibility index (Phi) is 4.88. The van der Waals surface area contributed by atoms with Crippen molar-refractivity contribution in [3.05, 3.63) is 48.2 Å². The van der Waals surface area contributed by atoms with Gasteiger partial charge in [0.25, 0.3) is 5.82 Å². The highest BCUT2D eigenvalue weighted by atomic mass is 16.5. The topological polar surface area (TPSA) is 34.4 Å². The van der Waals surface area contributed by atoms with Gasteiger partial charge < -0.3 is 9.47 Å². The van der Waals surface area contributed by atoms with Gasteiger partial charge in [0.05, 0.1) is 18.8 Å². The van der Waals surface area contributed by atoms with Crippen LogP contribution in [-0.2, 0) is 21.6 Å². The van der Waals surface area contributed by atoms with Gasteiger partial charge >= 0.3 is 0 Å². The minimum atomic E-state index is 0.0778. The molecule has 1 aliphatic heterocycles. The molecule has 0 saturated heterocycles. The van der Waals surface area contributed by atoms with Crippen LogP contribution in [0.25, 0.3) is 11.1 Å². The van der Waals surface area contributed by atoms with Crippen LogP contribution in [0.3, 0.4) is 0 Å². The van der Waals surface area contributed by atoms with E-state index >= 15 is 0 Å². The molecule has 128 valence electrons. The fourth-order valence-corrected chi connectivity index (χ4v) is 3.11. The number of nitrogens with one attached hydrogen (secondary N) is 1. The zero-order valence-corrected chi connectivity index (χ0v) is 15.0. The van der Waals surface area contributed by atoms with E-state index in [9.17, 15) is 0 Å². The number of methoxy groups -OCH3 is 1. The molecule has 0 radical (unpaired) electrons. The molecule has 1 unspecified atom stereocenters. The molecule has 0 spiro atoms. The Morgan fingerprint density at radius 2 is 1.88 bits per heavy atom. The van der Waals surface area contributed by atoms with Crippen LogP contribution in [0.1, 0.15) is 26.3 Å². The summed E-state index contributed by atoms with van der Waals surface area (Å²) in [7, 11) is 1.69. The smallest absolute Gasteiger partial charge is 0.280 e. The monoisotopic (exact) mass is 327 g/mol. The van der Waals surface area contributed by atoms with E-state index < -0.39 is 0 Å². The standard InChI is InChI=1S/C20H26N2O2/c1-15-20(2,3)18-12-17(16-8-6-5-7-9-16)13-22(19(18)21-15)14-24-11-10-23-4/h5-9,12-13,15H,10-11,14H2,1-4H3/p+1. The molecule has 1 aromatic carbocycles. The van der Waals surface area contributed by atoms with E-state index in [2.05, 4.69) is 67.2 Å². The maximum Gasteiger partial charge on any atom is 0.280 e. The summed E-state index contributed by atoms with van der Waals surface area (Å²) in [6.45, 7) is 8.53. The molecule has 1 aromatic heterocycles. The normalized spacial score (nSPS) is 18.2. The molecule has 0 saturated carbocycles. The predicted octanol–water partition coefficient (Wildman–Crippen LogP) is 3.35. The molecule has 4 nitrogen and oxygen atoms in total. The van der Waals surface area contributed by atoms with E-state index in [4.69, 9.17) is 9.47 Å². The Morgan fingerprint density at radius 3 is 2.58 bits per heavy atom. The fraction of sp³-hybridized carbons (Fsp3) is 0.450. The zero-order chi connectivity index (χ0) is 17.2. The van der Waals surface area contributed by atoms with Crippen molar-refractivity contribution in [1.82, 2.24) is 0 Å². The van der Waals surface area contributed by atoms with Crippen molar-refractivity contribution in [2.75, 3.05) is 25.6 Å². The molecule has 2 heterocycles. The van der Waals surface area contributed by atoms with Gasteiger partial charge in [0, 0.05) is 18.1 Å². The van der Waals surface area contributed by atoms with E-state index in [0.29, 0.717) is 26.0 Å². The quantitative estimate of drug-likeness (QED) is 0.653. The van der Waals surface area contributed by atoms with E-state index in [1.54, 1.807) is 7.11 Å². The molecule has 0 bridgehead atoms. The van der Waals surface area contributed by atoms with Crippen molar-refractivity contribution in [1.29, 1.82) is 0 Å². The SMILES string of the molecule is COCCOC[n+]1cc(-c2ccccc2)cc2c1NC(C)C2(C)C. The summed E-state index contributed by atoms with van der Waals surface area (Å²) in [6, 6.07) is 13.2. The average molecular weight is 327 g/mol. The molecule has 24 heavy (non-hydrogen) atoms. The average Bonchev–Trinajstić information content (AvgIpc) is 2.82. The number of fused-ring (bicyclic) bond motifs is 1. The van der Waals surface area contributed by atoms with Crippen LogP contribution in [0, 0.1) is 0 Å². The number of rotatable bonds is 6. The molecule has 1 N–H and O–H groups in total. The summed E-state index contributed by atoms with van der Waals surface area (Å²) in [6.07, 6.45) is 2.17. The van der Waals surface area contributed by atoms with Crippen molar-refractivity contribution in [2.24, 2.45) is 0 Å². The van der Waals surface area contributed by atoms with Gasteiger partial charge in [0.15, 0.2) is 6.73 Å². The summed E-state index contributed by atoms with van der Waals surface area (Å²) in [5.41, 5.74) is 3.86. The third-order valence-corrected chi connectivity index (χ3v) is 5.04. The summed E-state index contributed by atoms with van der Waals surface area (Å²) < 4.78 is 13.0. The lowest BCUT2D eigenvalue weighted by molar-refractivity contribution is -0.719. The third-order valence-electron chi connectivity index (χ3n) is 5.04. The van der Waals surface area contributed by atoms with E-state index in [1.165, 1.54) is 16.7 Å². The van der Waals surface area contributed by atoms with Crippen LogP contribution >= 0.6 is 0 Å². The number of hydrogen-bond acceptors (Lipinski definition) is 3.